The minimum absolute atomic E-state index is 0.290. The lowest BCUT2D eigenvalue weighted by Crippen LogP contribution is -2.40. The first-order chi connectivity index (χ1) is 8.65. The van der Waals surface area contributed by atoms with Crippen molar-refractivity contribution < 1.29 is 4.74 Å². The summed E-state index contributed by atoms with van der Waals surface area (Å²) in [7, 11) is 0. The van der Waals surface area contributed by atoms with Crippen molar-refractivity contribution in [1.29, 1.82) is 0 Å². The van der Waals surface area contributed by atoms with Gasteiger partial charge in [-0.3, -0.25) is 0 Å². The highest BCUT2D eigenvalue weighted by molar-refractivity contribution is 4.92. The lowest BCUT2D eigenvalue weighted by molar-refractivity contribution is -0.101. The van der Waals surface area contributed by atoms with Crippen molar-refractivity contribution in [3.05, 3.63) is 0 Å². The van der Waals surface area contributed by atoms with Crippen LogP contribution in [0.25, 0.3) is 0 Å². The smallest absolute Gasteiger partial charge is 0.0685 e. The number of rotatable bonds is 5. The lowest BCUT2D eigenvalue weighted by atomic mass is 9.76. The highest BCUT2D eigenvalue weighted by atomic mass is 16.5. The van der Waals surface area contributed by atoms with Crippen LogP contribution in [-0.2, 0) is 4.74 Å². The molecule has 18 heavy (non-hydrogen) atoms. The van der Waals surface area contributed by atoms with Crippen LogP contribution in [0.3, 0.4) is 0 Å². The van der Waals surface area contributed by atoms with Gasteiger partial charge in [-0.05, 0) is 57.4 Å². The number of hydrogen-bond acceptors (Lipinski definition) is 2. The largest absolute Gasteiger partial charge is 0.375 e. The Morgan fingerprint density at radius 2 is 2.00 bits per heavy atom. The Kier molecular flexibility index (Phi) is 5.08. The first kappa shape index (κ1) is 14.3. The Balaban J connectivity index is 1.84. The molecule has 0 aromatic heterocycles. The molecule has 2 rings (SSSR count). The maximum atomic E-state index is 6.14. The number of ether oxygens (including phenoxy) is 1. The van der Waals surface area contributed by atoms with Crippen molar-refractivity contribution in [3.63, 3.8) is 0 Å². The van der Waals surface area contributed by atoms with E-state index in [0.717, 1.165) is 25.0 Å². The summed E-state index contributed by atoms with van der Waals surface area (Å²) in [5.41, 5.74) is 0.290. The van der Waals surface area contributed by atoms with Crippen molar-refractivity contribution in [2.45, 2.75) is 77.4 Å². The predicted molar refractivity (Wildman–Crippen MR) is 76.8 cm³/mol. The summed E-state index contributed by atoms with van der Waals surface area (Å²) >= 11 is 0. The van der Waals surface area contributed by atoms with Crippen LogP contribution >= 0.6 is 0 Å². The molecular formula is C16H31NO. The fourth-order valence-electron chi connectivity index (χ4n) is 4.10. The zero-order valence-corrected chi connectivity index (χ0v) is 12.5. The molecule has 2 fully saturated rings. The van der Waals surface area contributed by atoms with Gasteiger partial charge in [-0.2, -0.15) is 0 Å². The molecule has 3 unspecified atom stereocenters. The summed E-state index contributed by atoms with van der Waals surface area (Å²) in [6.07, 6.45) is 9.32. The maximum absolute atomic E-state index is 6.14. The van der Waals surface area contributed by atoms with Crippen molar-refractivity contribution in [3.8, 4) is 0 Å². The third-order valence-electron chi connectivity index (χ3n) is 5.13. The molecule has 2 aliphatic rings. The zero-order valence-electron chi connectivity index (χ0n) is 12.5. The molecule has 0 amide bonds. The second-order valence-electron chi connectivity index (χ2n) is 6.66. The predicted octanol–water partition coefficient (Wildman–Crippen LogP) is 3.75. The molecule has 1 saturated carbocycles. The molecule has 2 nitrogen and oxygen atoms in total. The lowest BCUT2D eigenvalue weighted by Gasteiger charge is -2.41. The highest BCUT2D eigenvalue weighted by Crippen LogP contribution is 2.44. The van der Waals surface area contributed by atoms with Crippen LogP contribution in [-0.4, -0.2) is 24.8 Å². The van der Waals surface area contributed by atoms with E-state index >= 15 is 0 Å². The van der Waals surface area contributed by atoms with Crippen LogP contribution in [0, 0.1) is 11.8 Å². The van der Waals surface area contributed by atoms with Gasteiger partial charge in [0.25, 0.3) is 0 Å². The molecule has 1 aliphatic carbocycles. The van der Waals surface area contributed by atoms with Gasteiger partial charge in [0, 0.05) is 12.6 Å². The number of nitrogens with one attached hydrogen (secondary N) is 1. The van der Waals surface area contributed by atoms with E-state index in [1.807, 2.05) is 0 Å². The highest BCUT2D eigenvalue weighted by Gasteiger charge is 2.41. The minimum Gasteiger partial charge on any atom is -0.375 e. The molecule has 3 atom stereocenters. The number of hydrogen-bond donors (Lipinski definition) is 1. The zero-order chi connectivity index (χ0) is 13.0. The van der Waals surface area contributed by atoms with Gasteiger partial charge in [-0.1, -0.05) is 26.7 Å². The summed E-state index contributed by atoms with van der Waals surface area (Å²) in [6.45, 7) is 9.07. The van der Waals surface area contributed by atoms with Crippen molar-refractivity contribution >= 4 is 0 Å². The van der Waals surface area contributed by atoms with E-state index in [4.69, 9.17) is 4.74 Å². The summed E-state index contributed by atoms with van der Waals surface area (Å²) < 4.78 is 6.14. The fraction of sp³-hybridized carbons (Fsp3) is 1.00. The summed E-state index contributed by atoms with van der Waals surface area (Å²) in [5, 5.41) is 3.55. The van der Waals surface area contributed by atoms with Gasteiger partial charge in [0.15, 0.2) is 0 Å². The van der Waals surface area contributed by atoms with Crippen molar-refractivity contribution in [2.75, 3.05) is 13.2 Å². The van der Waals surface area contributed by atoms with E-state index in [2.05, 4.69) is 26.1 Å². The van der Waals surface area contributed by atoms with E-state index in [0.29, 0.717) is 11.6 Å². The van der Waals surface area contributed by atoms with E-state index in [1.165, 1.54) is 44.9 Å². The van der Waals surface area contributed by atoms with Crippen LogP contribution in [0.2, 0.25) is 0 Å². The summed E-state index contributed by atoms with van der Waals surface area (Å²) in [4.78, 5) is 0. The van der Waals surface area contributed by atoms with Gasteiger partial charge in [0.2, 0.25) is 0 Å². The van der Waals surface area contributed by atoms with E-state index < -0.39 is 0 Å². The van der Waals surface area contributed by atoms with E-state index in [-0.39, 0.29) is 0 Å². The van der Waals surface area contributed by atoms with Crippen LogP contribution in [0.5, 0.6) is 0 Å². The van der Waals surface area contributed by atoms with Crippen molar-refractivity contribution in [1.82, 2.24) is 5.32 Å². The van der Waals surface area contributed by atoms with Crippen molar-refractivity contribution in [2.24, 2.45) is 11.8 Å². The SMILES string of the molecule is CCNC(C)CC(C)C1CCOC2(CCCC2)C1. The average Bonchev–Trinajstić information content (AvgIpc) is 2.77. The standard InChI is InChI=1S/C16H31NO/c1-4-17-14(3)11-13(2)15-7-10-18-16(12-15)8-5-6-9-16/h13-15,17H,4-12H2,1-3H3. The van der Waals surface area contributed by atoms with Gasteiger partial charge in [0.05, 0.1) is 5.60 Å². The Morgan fingerprint density at radius 1 is 1.28 bits per heavy atom. The molecule has 1 N–H and O–H groups in total. The minimum atomic E-state index is 0.290. The molecule has 0 bridgehead atoms. The molecule has 2 heteroatoms. The third-order valence-corrected chi connectivity index (χ3v) is 5.13. The van der Waals surface area contributed by atoms with E-state index in [9.17, 15) is 0 Å². The van der Waals surface area contributed by atoms with Crippen LogP contribution in [0.4, 0.5) is 0 Å². The molecule has 0 radical (unpaired) electrons. The quantitative estimate of drug-likeness (QED) is 0.805. The summed E-state index contributed by atoms with van der Waals surface area (Å²) in [6, 6.07) is 0.660. The molecular weight excluding hydrogens is 222 g/mol. The topological polar surface area (TPSA) is 21.3 Å². The second kappa shape index (κ2) is 6.38. The summed E-state index contributed by atoms with van der Waals surface area (Å²) in [5.74, 6) is 1.72. The second-order valence-corrected chi connectivity index (χ2v) is 6.66. The Bertz CT molecular complexity index is 247. The third kappa shape index (κ3) is 3.48. The molecule has 1 saturated heterocycles. The Morgan fingerprint density at radius 3 is 2.67 bits per heavy atom. The van der Waals surface area contributed by atoms with Gasteiger partial charge in [-0.15, -0.1) is 0 Å². The van der Waals surface area contributed by atoms with Crippen LogP contribution in [0.15, 0.2) is 0 Å². The normalized spacial score (nSPS) is 30.5. The van der Waals surface area contributed by atoms with Gasteiger partial charge in [0.1, 0.15) is 0 Å². The monoisotopic (exact) mass is 253 g/mol. The van der Waals surface area contributed by atoms with Crippen LogP contribution in [0.1, 0.15) is 65.7 Å². The molecule has 1 spiro atoms. The van der Waals surface area contributed by atoms with Crippen LogP contribution < -0.4 is 5.32 Å². The Hall–Kier alpha value is -0.0800. The average molecular weight is 253 g/mol. The molecule has 1 heterocycles. The first-order valence-corrected chi connectivity index (χ1v) is 8.02. The van der Waals surface area contributed by atoms with Gasteiger partial charge in [-0.25, -0.2) is 0 Å². The molecule has 106 valence electrons. The van der Waals surface area contributed by atoms with Gasteiger partial charge >= 0.3 is 0 Å². The molecule has 0 aromatic rings. The van der Waals surface area contributed by atoms with Gasteiger partial charge < -0.3 is 10.1 Å². The molecule has 1 aliphatic heterocycles. The first-order valence-electron chi connectivity index (χ1n) is 8.02. The molecule has 0 aromatic carbocycles. The fourth-order valence-corrected chi connectivity index (χ4v) is 4.10. The Labute approximate surface area is 113 Å². The van der Waals surface area contributed by atoms with E-state index in [1.54, 1.807) is 0 Å². The maximum Gasteiger partial charge on any atom is 0.0685 e.